The van der Waals surface area contributed by atoms with E-state index in [1.165, 1.54) is 27.2 Å². The Morgan fingerprint density at radius 1 is 0.719 bits per heavy atom. The van der Waals surface area contributed by atoms with Crippen LogP contribution >= 0.6 is 0 Å². The highest BCUT2D eigenvalue weighted by Crippen LogP contribution is 2.31. The molecule has 0 aromatic heterocycles. The molecule has 4 heteroatoms. The Morgan fingerprint density at radius 3 is 1.91 bits per heavy atom. The maximum atomic E-state index is 12.4. The number of unbranched alkanes of at least 4 members (excludes halogenated alkanes) is 3. The molecule has 4 rings (SSSR count). The first-order valence-corrected chi connectivity index (χ1v) is 11.3. The minimum Gasteiger partial charge on any atom is -0.494 e. The number of ether oxygens (including phenoxy) is 1. The maximum absolute atomic E-state index is 12.4. The van der Waals surface area contributed by atoms with Crippen molar-refractivity contribution in [2.45, 2.75) is 39.5 Å². The molecule has 0 fully saturated rings. The molecular weight excluding hydrogens is 398 g/mol. The van der Waals surface area contributed by atoms with Gasteiger partial charge in [-0.3, -0.25) is 14.5 Å². The molecule has 1 aliphatic rings. The number of rotatable bonds is 9. The monoisotopic (exact) mass is 427 g/mol. The minimum absolute atomic E-state index is 0.168. The molecular formula is C28H29NO3. The van der Waals surface area contributed by atoms with Gasteiger partial charge in [0.05, 0.1) is 17.7 Å². The van der Waals surface area contributed by atoms with Crippen LogP contribution in [-0.4, -0.2) is 29.9 Å². The third kappa shape index (κ3) is 4.59. The Bertz CT molecular complexity index is 1060. The number of benzene rings is 3. The summed E-state index contributed by atoms with van der Waals surface area (Å²) in [4.78, 5) is 26.1. The lowest BCUT2D eigenvalue weighted by molar-refractivity contribution is 0.0651. The van der Waals surface area contributed by atoms with Crippen LogP contribution in [0.2, 0.25) is 0 Å². The number of nitrogens with zero attached hydrogens (tertiary/aromatic N) is 1. The quantitative estimate of drug-likeness (QED) is 0.301. The molecule has 0 unspecified atom stereocenters. The van der Waals surface area contributed by atoms with Gasteiger partial charge in [-0.15, -0.1) is 0 Å². The minimum atomic E-state index is -0.168. The first-order valence-electron chi connectivity index (χ1n) is 11.3. The number of aryl methyl sites for hydroxylation is 2. The van der Waals surface area contributed by atoms with Gasteiger partial charge in [0.25, 0.3) is 11.8 Å². The second-order valence-electron chi connectivity index (χ2n) is 8.37. The van der Waals surface area contributed by atoms with Crippen molar-refractivity contribution in [1.29, 1.82) is 0 Å². The normalized spacial score (nSPS) is 12.9. The largest absolute Gasteiger partial charge is 0.494 e. The number of imide groups is 1. The third-order valence-electron chi connectivity index (χ3n) is 5.99. The average molecular weight is 428 g/mol. The summed E-state index contributed by atoms with van der Waals surface area (Å²) in [6.07, 6.45) is 3.72. The molecule has 0 aliphatic carbocycles. The summed E-state index contributed by atoms with van der Waals surface area (Å²) in [5.41, 5.74) is 5.97. The summed E-state index contributed by atoms with van der Waals surface area (Å²) in [5.74, 6) is 0.572. The molecule has 0 radical (unpaired) electrons. The van der Waals surface area contributed by atoms with Gasteiger partial charge >= 0.3 is 0 Å². The van der Waals surface area contributed by atoms with Gasteiger partial charge < -0.3 is 4.74 Å². The molecule has 0 saturated heterocycles. The van der Waals surface area contributed by atoms with Gasteiger partial charge in [0.2, 0.25) is 0 Å². The molecule has 0 saturated carbocycles. The SMILES string of the molecule is Cc1cc(OCCCCCCN2C(=O)c3ccccc3C2=O)cc(C)c1-c1ccccc1. The smallest absolute Gasteiger partial charge is 0.261 e. The van der Waals surface area contributed by atoms with Crippen LogP contribution < -0.4 is 4.74 Å². The summed E-state index contributed by atoms with van der Waals surface area (Å²) in [6, 6.07) is 21.7. The molecule has 2 amide bonds. The molecule has 0 spiro atoms. The van der Waals surface area contributed by atoms with Crippen LogP contribution in [0.4, 0.5) is 0 Å². The number of carbonyl (C=O) groups is 2. The molecule has 4 nitrogen and oxygen atoms in total. The zero-order valence-electron chi connectivity index (χ0n) is 18.8. The van der Waals surface area contributed by atoms with Crippen molar-refractivity contribution in [3.8, 4) is 16.9 Å². The van der Waals surface area contributed by atoms with Crippen LogP contribution in [-0.2, 0) is 0 Å². The van der Waals surface area contributed by atoms with E-state index in [1.54, 1.807) is 24.3 Å². The Balaban J connectivity index is 1.20. The topological polar surface area (TPSA) is 46.6 Å². The van der Waals surface area contributed by atoms with E-state index in [0.717, 1.165) is 31.4 Å². The average Bonchev–Trinajstić information content (AvgIpc) is 3.03. The number of amides is 2. The lowest BCUT2D eigenvalue weighted by Gasteiger charge is -2.14. The lowest BCUT2D eigenvalue weighted by Crippen LogP contribution is -2.30. The fourth-order valence-corrected chi connectivity index (χ4v) is 4.43. The highest BCUT2D eigenvalue weighted by molar-refractivity contribution is 6.21. The van der Waals surface area contributed by atoms with Crippen LogP contribution in [0.25, 0.3) is 11.1 Å². The first-order chi connectivity index (χ1) is 15.6. The van der Waals surface area contributed by atoms with Crippen molar-refractivity contribution in [3.05, 3.63) is 89.0 Å². The van der Waals surface area contributed by atoms with Gasteiger partial charge in [-0.05, 0) is 73.2 Å². The van der Waals surface area contributed by atoms with Gasteiger partial charge in [0.15, 0.2) is 0 Å². The summed E-state index contributed by atoms with van der Waals surface area (Å²) in [7, 11) is 0. The number of fused-ring (bicyclic) bond motifs is 1. The first kappa shape index (κ1) is 21.8. The van der Waals surface area contributed by atoms with E-state index in [2.05, 4.69) is 50.2 Å². The summed E-state index contributed by atoms with van der Waals surface area (Å²) < 4.78 is 6.00. The highest BCUT2D eigenvalue weighted by atomic mass is 16.5. The van der Waals surface area contributed by atoms with Crippen molar-refractivity contribution >= 4 is 11.8 Å². The van der Waals surface area contributed by atoms with E-state index in [-0.39, 0.29) is 11.8 Å². The van der Waals surface area contributed by atoms with Gasteiger partial charge in [-0.25, -0.2) is 0 Å². The van der Waals surface area contributed by atoms with Gasteiger partial charge in [0.1, 0.15) is 5.75 Å². The Kier molecular flexibility index (Phi) is 6.69. The van der Waals surface area contributed by atoms with Crippen molar-refractivity contribution in [3.63, 3.8) is 0 Å². The molecule has 32 heavy (non-hydrogen) atoms. The van der Waals surface area contributed by atoms with Crippen LogP contribution in [0.5, 0.6) is 5.75 Å². The molecule has 0 bridgehead atoms. The highest BCUT2D eigenvalue weighted by Gasteiger charge is 2.34. The lowest BCUT2D eigenvalue weighted by atomic mass is 9.95. The Labute approximate surface area is 189 Å². The van der Waals surface area contributed by atoms with Crippen LogP contribution in [0.3, 0.4) is 0 Å². The molecule has 1 heterocycles. The predicted molar refractivity (Wildman–Crippen MR) is 127 cm³/mol. The van der Waals surface area contributed by atoms with Gasteiger partial charge in [-0.2, -0.15) is 0 Å². The third-order valence-corrected chi connectivity index (χ3v) is 5.99. The van der Waals surface area contributed by atoms with Crippen LogP contribution in [0.15, 0.2) is 66.7 Å². The number of hydrogen-bond acceptors (Lipinski definition) is 3. The molecule has 0 atom stereocenters. The summed E-state index contributed by atoms with van der Waals surface area (Å²) >= 11 is 0. The van der Waals surface area contributed by atoms with Crippen LogP contribution in [0, 0.1) is 13.8 Å². The maximum Gasteiger partial charge on any atom is 0.261 e. The molecule has 1 aliphatic heterocycles. The van der Waals surface area contributed by atoms with Crippen molar-refractivity contribution < 1.29 is 14.3 Å². The molecule has 3 aromatic rings. The van der Waals surface area contributed by atoms with Crippen molar-refractivity contribution in [1.82, 2.24) is 4.90 Å². The van der Waals surface area contributed by atoms with E-state index >= 15 is 0 Å². The van der Waals surface area contributed by atoms with E-state index in [4.69, 9.17) is 4.74 Å². The fraction of sp³-hybridized carbons (Fsp3) is 0.286. The standard InChI is InChI=1S/C28H29NO3/c1-20-18-23(19-21(2)26(20)22-12-6-5-7-13-22)32-17-11-4-3-10-16-29-27(30)24-14-8-9-15-25(24)28(29)31/h5-9,12-15,18-19H,3-4,10-11,16-17H2,1-2H3. The van der Waals surface area contributed by atoms with E-state index in [1.807, 2.05) is 6.07 Å². The van der Waals surface area contributed by atoms with Gasteiger partial charge in [-0.1, -0.05) is 55.3 Å². The molecule has 0 N–H and O–H groups in total. The zero-order chi connectivity index (χ0) is 22.5. The van der Waals surface area contributed by atoms with Crippen LogP contribution in [0.1, 0.15) is 57.5 Å². The predicted octanol–water partition coefficient (Wildman–Crippen LogP) is 6.21. The fourth-order valence-electron chi connectivity index (χ4n) is 4.43. The van der Waals surface area contributed by atoms with Gasteiger partial charge in [0, 0.05) is 6.54 Å². The second kappa shape index (κ2) is 9.82. The second-order valence-corrected chi connectivity index (χ2v) is 8.37. The van der Waals surface area contributed by atoms with Crippen molar-refractivity contribution in [2.24, 2.45) is 0 Å². The zero-order valence-corrected chi connectivity index (χ0v) is 18.8. The van der Waals surface area contributed by atoms with E-state index in [0.29, 0.717) is 24.3 Å². The van der Waals surface area contributed by atoms with Crippen molar-refractivity contribution in [2.75, 3.05) is 13.2 Å². The Hall–Kier alpha value is -3.40. The van der Waals surface area contributed by atoms with E-state index in [9.17, 15) is 9.59 Å². The summed E-state index contributed by atoms with van der Waals surface area (Å²) in [5, 5.41) is 0. The molecule has 3 aromatic carbocycles. The number of hydrogen-bond donors (Lipinski definition) is 0. The summed E-state index contributed by atoms with van der Waals surface area (Å²) in [6.45, 7) is 5.39. The Morgan fingerprint density at radius 2 is 1.28 bits per heavy atom. The number of carbonyl (C=O) groups excluding carboxylic acids is 2. The van der Waals surface area contributed by atoms with E-state index < -0.39 is 0 Å². The molecule has 164 valence electrons.